The van der Waals surface area contributed by atoms with Crippen LogP contribution in [0.25, 0.3) is 11.0 Å². The molecule has 0 saturated heterocycles. The van der Waals surface area contributed by atoms with E-state index in [0.29, 0.717) is 0 Å². The molecular formula is C13H22N2. The Labute approximate surface area is 92.7 Å². The number of aromatic nitrogens is 2. The van der Waals surface area contributed by atoms with Crippen LogP contribution in [0, 0.1) is 0 Å². The number of fused-ring (bicyclic) bond motifs is 1. The molecule has 1 aromatic heterocycles. The van der Waals surface area contributed by atoms with Crippen molar-refractivity contribution in [3.8, 4) is 0 Å². The lowest BCUT2D eigenvalue weighted by Crippen LogP contribution is -1.79. The van der Waals surface area contributed by atoms with E-state index in [2.05, 4.69) is 16.9 Å². The SMILES string of the molecule is CC.CC.CCc1nc2ccccc2[nH]1. The van der Waals surface area contributed by atoms with Crippen LogP contribution in [0.15, 0.2) is 24.3 Å². The average Bonchev–Trinajstić information content (AvgIpc) is 2.77. The number of hydrogen-bond acceptors (Lipinski definition) is 1. The van der Waals surface area contributed by atoms with Gasteiger partial charge >= 0.3 is 0 Å². The van der Waals surface area contributed by atoms with Gasteiger partial charge in [0, 0.05) is 6.42 Å². The Morgan fingerprint density at radius 2 is 1.67 bits per heavy atom. The molecule has 0 aliphatic heterocycles. The van der Waals surface area contributed by atoms with Crippen molar-refractivity contribution in [3.63, 3.8) is 0 Å². The minimum absolute atomic E-state index is 0.967. The highest BCUT2D eigenvalue weighted by Crippen LogP contribution is 2.09. The highest BCUT2D eigenvalue weighted by Gasteiger charge is 1.97. The lowest BCUT2D eigenvalue weighted by Gasteiger charge is -1.82. The Balaban J connectivity index is 0.000000442. The second kappa shape index (κ2) is 8.04. The number of aromatic amines is 1. The highest BCUT2D eigenvalue weighted by atomic mass is 14.9. The van der Waals surface area contributed by atoms with Gasteiger partial charge in [-0.25, -0.2) is 4.98 Å². The summed E-state index contributed by atoms with van der Waals surface area (Å²) in [5.74, 6) is 1.06. The van der Waals surface area contributed by atoms with E-state index in [9.17, 15) is 0 Å². The van der Waals surface area contributed by atoms with E-state index in [1.165, 1.54) is 0 Å². The van der Waals surface area contributed by atoms with Gasteiger partial charge < -0.3 is 4.98 Å². The van der Waals surface area contributed by atoms with Crippen molar-refractivity contribution in [1.29, 1.82) is 0 Å². The third kappa shape index (κ3) is 3.74. The minimum atomic E-state index is 0.967. The molecule has 0 aliphatic rings. The zero-order valence-electron chi connectivity index (χ0n) is 10.5. The van der Waals surface area contributed by atoms with E-state index in [0.717, 1.165) is 23.3 Å². The third-order valence-electron chi connectivity index (χ3n) is 1.77. The lowest BCUT2D eigenvalue weighted by atomic mass is 10.3. The Hall–Kier alpha value is -1.31. The smallest absolute Gasteiger partial charge is 0.106 e. The van der Waals surface area contributed by atoms with E-state index >= 15 is 0 Å². The Morgan fingerprint density at radius 1 is 1.07 bits per heavy atom. The molecule has 0 fully saturated rings. The van der Waals surface area contributed by atoms with Crippen LogP contribution in [-0.4, -0.2) is 9.97 Å². The predicted octanol–water partition coefficient (Wildman–Crippen LogP) is 4.18. The second-order valence-electron chi connectivity index (χ2n) is 2.55. The summed E-state index contributed by atoms with van der Waals surface area (Å²) >= 11 is 0. The van der Waals surface area contributed by atoms with E-state index in [-0.39, 0.29) is 0 Å². The first kappa shape index (κ1) is 13.7. The van der Waals surface area contributed by atoms with Gasteiger partial charge in [-0.05, 0) is 12.1 Å². The van der Waals surface area contributed by atoms with Gasteiger partial charge in [-0.3, -0.25) is 0 Å². The van der Waals surface area contributed by atoms with Crippen LogP contribution in [0.5, 0.6) is 0 Å². The van der Waals surface area contributed by atoms with Gasteiger partial charge in [0.1, 0.15) is 5.82 Å². The first-order valence-corrected chi connectivity index (χ1v) is 5.84. The van der Waals surface area contributed by atoms with E-state index in [1.54, 1.807) is 0 Å². The molecule has 1 heterocycles. The second-order valence-corrected chi connectivity index (χ2v) is 2.55. The maximum atomic E-state index is 4.38. The molecule has 84 valence electrons. The summed E-state index contributed by atoms with van der Waals surface area (Å²) in [6.45, 7) is 10.1. The normalized spacial score (nSPS) is 8.60. The van der Waals surface area contributed by atoms with Gasteiger partial charge in [0.2, 0.25) is 0 Å². The van der Waals surface area contributed by atoms with Gasteiger partial charge in [0.15, 0.2) is 0 Å². The maximum Gasteiger partial charge on any atom is 0.106 e. The first-order valence-electron chi connectivity index (χ1n) is 5.84. The molecule has 15 heavy (non-hydrogen) atoms. The molecule has 0 bridgehead atoms. The number of H-pyrrole nitrogens is 1. The molecule has 2 nitrogen and oxygen atoms in total. The molecule has 0 amide bonds. The fourth-order valence-electron chi connectivity index (χ4n) is 1.17. The summed E-state index contributed by atoms with van der Waals surface area (Å²) in [5.41, 5.74) is 2.19. The van der Waals surface area contributed by atoms with Gasteiger partial charge in [0.05, 0.1) is 11.0 Å². The molecule has 2 rings (SSSR count). The Bertz CT molecular complexity index is 330. The lowest BCUT2D eigenvalue weighted by molar-refractivity contribution is 1.00. The Kier molecular flexibility index (Phi) is 7.33. The van der Waals surface area contributed by atoms with Gasteiger partial charge in [-0.15, -0.1) is 0 Å². The van der Waals surface area contributed by atoms with Crippen molar-refractivity contribution in [1.82, 2.24) is 9.97 Å². The maximum absolute atomic E-state index is 4.38. The van der Waals surface area contributed by atoms with Crippen LogP contribution in [-0.2, 0) is 6.42 Å². The van der Waals surface area contributed by atoms with Crippen molar-refractivity contribution in [2.24, 2.45) is 0 Å². The van der Waals surface area contributed by atoms with Crippen molar-refractivity contribution in [2.75, 3.05) is 0 Å². The number of nitrogens with zero attached hydrogens (tertiary/aromatic N) is 1. The van der Waals surface area contributed by atoms with E-state index < -0.39 is 0 Å². The summed E-state index contributed by atoms with van der Waals surface area (Å²) in [6.07, 6.45) is 0.967. The largest absolute Gasteiger partial charge is 0.342 e. The highest BCUT2D eigenvalue weighted by molar-refractivity contribution is 5.74. The van der Waals surface area contributed by atoms with Crippen LogP contribution in [0.3, 0.4) is 0 Å². The molecule has 2 heteroatoms. The van der Waals surface area contributed by atoms with Crippen molar-refractivity contribution >= 4 is 11.0 Å². The van der Waals surface area contributed by atoms with Crippen molar-refractivity contribution in [2.45, 2.75) is 41.0 Å². The van der Waals surface area contributed by atoms with Gasteiger partial charge in [0.25, 0.3) is 0 Å². The van der Waals surface area contributed by atoms with Gasteiger partial charge in [-0.1, -0.05) is 46.8 Å². The summed E-state index contributed by atoms with van der Waals surface area (Å²) in [6, 6.07) is 8.08. The quantitative estimate of drug-likeness (QED) is 0.745. The molecule has 1 aromatic carbocycles. The Morgan fingerprint density at radius 3 is 2.20 bits per heavy atom. The minimum Gasteiger partial charge on any atom is -0.342 e. The summed E-state index contributed by atoms with van der Waals surface area (Å²) in [4.78, 5) is 7.61. The molecule has 0 unspecified atom stereocenters. The fraction of sp³-hybridized carbons (Fsp3) is 0.462. The number of benzene rings is 1. The van der Waals surface area contributed by atoms with Crippen LogP contribution in [0.1, 0.15) is 40.4 Å². The standard InChI is InChI=1S/C9H10N2.2C2H6/c1-2-9-10-7-5-3-4-6-8(7)11-9;2*1-2/h3-6H,2H2,1H3,(H,10,11);2*1-2H3. The van der Waals surface area contributed by atoms with Gasteiger partial charge in [-0.2, -0.15) is 0 Å². The third-order valence-corrected chi connectivity index (χ3v) is 1.77. The van der Waals surface area contributed by atoms with Crippen molar-refractivity contribution in [3.05, 3.63) is 30.1 Å². The number of imidazole rings is 1. The van der Waals surface area contributed by atoms with Crippen LogP contribution < -0.4 is 0 Å². The average molecular weight is 206 g/mol. The van der Waals surface area contributed by atoms with E-state index in [4.69, 9.17) is 0 Å². The molecule has 2 aromatic rings. The molecule has 1 N–H and O–H groups in total. The van der Waals surface area contributed by atoms with Crippen molar-refractivity contribution < 1.29 is 0 Å². The zero-order chi connectivity index (χ0) is 11.7. The van der Waals surface area contributed by atoms with Crippen LogP contribution in [0.4, 0.5) is 0 Å². The molecule has 0 saturated carbocycles. The number of aryl methyl sites for hydroxylation is 1. The molecular weight excluding hydrogens is 184 g/mol. The topological polar surface area (TPSA) is 28.7 Å². The van der Waals surface area contributed by atoms with Crippen LogP contribution >= 0.6 is 0 Å². The van der Waals surface area contributed by atoms with E-state index in [1.807, 2.05) is 52.0 Å². The van der Waals surface area contributed by atoms with Crippen LogP contribution in [0.2, 0.25) is 0 Å². The predicted molar refractivity (Wildman–Crippen MR) is 68.2 cm³/mol. The fourth-order valence-corrected chi connectivity index (χ4v) is 1.17. The zero-order valence-corrected chi connectivity index (χ0v) is 10.5. The summed E-state index contributed by atoms with van der Waals surface area (Å²) in [7, 11) is 0. The number of para-hydroxylation sites is 2. The number of rotatable bonds is 1. The summed E-state index contributed by atoms with van der Waals surface area (Å²) < 4.78 is 0. The monoisotopic (exact) mass is 206 g/mol. The molecule has 0 aliphatic carbocycles. The summed E-state index contributed by atoms with van der Waals surface area (Å²) in [5, 5.41) is 0. The first-order chi connectivity index (χ1) is 7.40. The molecule has 0 spiro atoms. The molecule has 0 atom stereocenters. The number of nitrogens with one attached hydrogen (secondary N) is 1. The number of hydrogen-bond donors (Lipinski definition) is 1. The molecule has 0 radical (unpaired) electrons.